The molecule has 0 heterocycles. The van der Waals surface area contributed by atoms with Gasteiger partial charge in [-0.15, -0.1) is 0 Å². The van der Waals surface area contributed by atoms with Gasteiger partial charge < -0.3 is 19.7 Å². The fourth-order valence-corrected chi connectivity index (χ4v) is 5.48. The SMILES string of the molecule is CCCCCCCCC(=O)N(CCOc1ccc(C[C@H](Nc2ccccc2C(=O)c2ccccc2)C(=O)OC)cc1)c1ccccc1. The Morgan fingerprint density at radius 1 is 0.745 bits per heavy atom. The van der Waals surface area contributed by atoms with Crippen LogP contribution in [0.5, 0.6) is 5.75 Å². The molecule has 1 amide bonds. The second-order valence-corrected chi connectivity index (χ2v) is 11.6. The molecule has 0 aromatic heterocycles. The predicted molar refractivity (Wildman–Crippen MR) is 188 cm³/mol. The lowest BCUT2D eigenvalue weighted by Gasteiger charge is -2.23. The first-order valence-corrected chi connectivity index (χ1v) is 16.6. The molecule has 0 saturated carbocycles. The number of benzene rings is 4. The maximum absolute atomic E-state index is 13.2. The Morgan fingerprint density at radius 2 is 1.38 bits per heavy atom. The van der Waals surface area contributed by atoms with Crippen LogP contribution in [0.1, 0.15) is 73.4 Å². The maximum Gasteiger partial charge on any atom is 0.328 e. The molecule has 0 aliphatic rings. The Bertz CT molecular complexity index is 1540. The van der Waals surface area contributed by atoms with Crippen molar-refractivity contribution in [3.05, 3.63) is 126 Å². The third-order valence-electron chi connectivity index (χ3n) is 8.08. The van der Waals surface area contributed by atoms with E-state index in [2.05, 4.69) is 12.2 Å². The lowest BCUT2D eigenvalue weighted by Crippen LogP contribution is -2.34. The zero-order chi connectivity index (χ0) is 33.3. The van der Waals surface area contributed by atoms with E-state index in [1.807, 2.05) is 83.8 Å². The summed E-state index contributed by atoms with van der Waals surface area (Å²) in [5.41, 5.74) is 3.38. The number of amides is 1. The van der Waals surface area contributed by atoms with Crippen LogP contribution in [0, 0.1) is 0 Å². The first-order chi connectivity index (χ1) is 23.0. The summed E-state index contributed by atoms with van der Waals surface area (Å²) in [6.45, 7) is 2.99. The molecule has 0 unspecified atom stereocenters. The molecule has 0 aliphatic heterocycles. The molecule has 0 saturated heterocycles. The molecule has 246 valence electrons. The van der Waals surface area contributed by atoms with Crippen molar-refractivity contribution >= 4 is 29.0 Å². The van der Waals surface area contributed by atoms with Crippen molar-refractivity contribution in [1.82, 2.24) is 0 Å². The van der Waals surface area contributed by atoms with Gasteiger partial charge in [-0.1, -0.05) is 112 Å². The molecule has 1 N–H and O–H groups in total. The van der Waals surface area contributed by atoms with E-state index in [1.54, 1.807) is 30.3 Å². The summed E-state index contributed by atoms with van der Waals surface area (Å²) in [6.07, 6.45) is 7.68. The highest BCUT2D eigenvalue weighted by atomic mass is 16.5. The monoisotopic (exact) mass is 634 g/mol. The Hall–Kier alpha value is -4.91. The van der Waals surface area contributed by atoms with E-state index in [-0.39, 0.29) is 11.7 Å². The molecule has 0 bridgehead atoms. The average Bonchev–Trinajstić information content (AvgIpc) is 3.12. The van der Waals surface area contributed by atoms with Crippen LogP contribution in [-0.4, -0.2) is 44.0 Å². The molecular weight excluding hydrogens is 588 g/mol. The second-order valence-electron chi connectivity index (χ2n) is 11.6. The van der Waals surface area contributed by atoms with E-state index in [0.29, 0.717) is 48.6 Å². The number of carbonyl (C=O) groups excluding carboxylic acids is 3. The molecule has 4 aromatic carbocycles. The lowest BCUT2D eigenvalue weighted by molar-refractivity contribution is -0.141. The maximum atomic E-state index is 13.2. The highest BCUT2D eigenvalue weighted by Gasteiger charge is 2.23. The van der Waals surface area contributed by atoms with Crippen molar-refractivity contribution in [1.29, 1.82) is 0 Å². The van der Waals surface area contributed by atoms with Gasteiger partial charge in [0.05, 0.1) is 13.7 Å². The van der Waals surface area contributed by atoms with Crippen molar-refractivity contribution < 1.29 is 23.9 Å². The van der Waals surface area contributed by atoms with E-state index in [9.17, 15) is 14.4 Å². The van der Waals surface area contributed by atoms with Gasteiger partial charge >= 0.3 is 5.97 Å². The number of carbonyl (C=O) groups is 3. The van der Waals surface area contributed by atoms with Crippen LogP contribution < -0.4 is 15.0 Å². The summed E-state index contributed by atoms with van der Waals surface area (Å²) < 4.78 is 11.1. The van der Waals surface area contributed by atoms with Gasteiger partial charge in [0.25, 0.3) is 0 Å². The van der Waals surface area contributed by atoms with E-state index < -0.39 is 12.0 Å². The van der Waals surface area contributed by atoms with Gasteiger partial charge in [0.2, 0.25) is 5.91 Å². The molecule has 7 nitrogen and oxygen atoms in total. The molecule has 1 atom stereocenters. The van der Waals surface area contributed by atoms with Gasteiger partial charge in [-0.25, -0.2) is 4.79 Å². The van der Waals surface area contributed by atoms with Crippen molar-refractivity contribution in [3.8, 4) is 5.75 Å². The van der Waals surface area contributed by atoms with Gasteiger partial charge in [-0.2, -0.15) is 0 Å². The number of para-hydroxylation sites is 2. The van der Waals surface area contributed by atoms with Gasteiger partial charge in [0.15, 0.2) is 5.78 Å². The summed E-state index contributed by atoms with van der Waals surface area (Å²) in [7, 11) is 1.35. The van der Waals surface area contributed by atoms with Crippen LogP contribution in [0.25, 0.3) is 0 Å². The number of unbranched alkanes of at least 4 members (excludes halogenated alkanes) is 5. The second kappa shape index (κ2) is 18.9. The highest BCUT2D eigenvalue weighted by molar-refractivity contribution is 6.12. The molecule has 7 heteroatoms. The fourth-order valence-electron chi connectivity index (χ4n) is 5.48. The topological polar surface area (TPSA) is 84.9 Å². The summed E-state index contributed by atoms with van der Waals surface area (Å²) in [6, 6.07) is 32.8. The van der Waals surface area contributed by atoms with Gasteiger partial charge in [-0.3, -0.25) is 9.59 Å². The Balaban J connectivity index is 1.35. The highest BCUT2D eigenvalue weighted by Crippen LogP contribution is 2.23. The number of hydrogen-bond donors (Lipinski definition) is 1. The van der Waals surface area contributed by atoms with Gasteiger partial charge in [-0.05, 0) is 48.4 Å². The van der Waals surface area contributed by atoms with E-state index in [0.717, 1.165) is 24.1 Å². The molecule has 0 spiro atoms. The summed E-state index contributed by atoms with van der Waals surface area (Å²) >= 11 is 0. The lowest BCUT2D eigenvalue weighted by atomic mass is 10.00. The number of hydrogen-bond acceptors (Lipinski definition) is 6. The van der Waals surface area contributed by atoms with Crippen LogP contribution in [0.3, 0.4) is 0 Å². The number of nitrogens with zero attached hydrogens (tertiary/aromatic N) is 1. The first-order valence-electron chi connectivity index (χ1n) is 16.6. The molecular formula is C40H46N2O5. The predicted octanol–water partition coefficient (Wildman–Crippen LogP) is 8.28. The number of ketones is 1. The van der Waals surface area contributed by atoms with Crippen molar-refractivity contribution in [2.24, 2.45) is 0 Å². The molecule has 0 aliphatic carbocycles. The number of nitrogens with one attached hydrogen (secondary N) is 1. The molecule has 47 heavy (non-hydrogen) atoms. The first kappa shape index (κ1) is 35.0. The van der Waals surface area contributed by atoms with Crippen LogP contribution in [0.4, 0.5) is 11.4 Å². The van der Waals surface area contributed by atoms with Crippen LogP contribution in [0.2, 0.25) is 0 Å². The van der Waals surface area contributed by atoms with Crippen molar-refractivity contribution in [3.63, 3.8) is 0 Å². The largest absolute Gasteiger partial charge is 0.492 e. The quantitative estimate of drug-likeness (QED) is 0.0635. The van der Waals surface area contributed by atoms with Crippen molar-refractivity contribution in [2.45, 2.75) is 64.3 Å². The van der Waals surface area contributed by atoms with Crippen LogP contribution in [0.15, 0.2) is 109 Å². The number of esters is 1. The number of anilines is 2. The average molecular weight is 635 g/mol. The zero-order valence-electron chi connectivity index (χ0n) is 27.5. The fraction of sp³-hybridized carbons (Fsp3) is 0.325. The van der Waals surface area contributed by atoms with Gasteiger partial charge in [0.1, 0.15) is 18.4 Å². The summed E-state index contributed by atoms with van der Waals surface area (Å²) in [5, 5.41) is 3.25. The minimum atomic E-state index is -0.714. The smallest absolute Gasteiger partial charge is 0.328 e. The Kier molecular flexibility index (Phi) is 14.1. The number of methoxy groups -OCH3 is 1. The summed E-state index contributed by atoms with van der Waals surface area (Å²) in [5.74, 6) is 0.221. The van der Waals surface area contributed by atoms with Gasteiger partial charge in [0, 0.05) is 35.3 Å². The van der Waals surface area contributed by atoms with Crippen molar-refractivity contribution in [2.75, 3.05) is 30.5 Å². The summed E-state index contributed by atoms with van der Waals surface area (Å²) in [4.78, 5) is 41.0. The molecule has 4 rings (SSSR count). The van der Waals surface area contributed by atoms with Crippen LogP contribution in [-0.2, 0) is 20.7 Å². The van der Waals surface area contributed by atoms with Crippen LogP contribution >= 0.6 is 0 Å². The van der Waals surface area contributed by atoms with E-state index in [4.69, 9.17) is 9.47 Å². The number of rotatable bonds is 19. The van der Waals surface area contributed by atoms with E-state index >= 15 is 0 Å². The number of ether oxygens (including phenoxy) is 2. The molecule has 0 radical (unpaired) electrons. The molecule has 4 aromatic rings. The third kappa shape index (κ3) is 10.8. The third-order valence-corrected chi connectivity index (χ3v) is 8.08. The Labute approximate surface area is 278 Å². The standard InChI is InChI=1S/C40H46N2O5/c1-3-4-5-6-7-14-23-38(43)42(33-19-12-9-13-20-33)28-29-47-34-26-24-31(25-27-34)30-37(40(45)46-2)41-36-22-16-15-21-35(36)39(44)32-17-10-8-11-18-32/h8-13,15-22,24-27,37,41H,3-7,14,23,28-30H2,1-2H3/t37-/m0/s1. The Morgan fingerprint density at radius 3 is 2.09 bits per heavy atom. The molecule has 0 fully saturated rings. The minimum absolute atomic E-state index is 0.110. The normalized spacial score (nSPS) is 11.4. The zero-order valence-corrected chi connectivity index (χ0v) is 27.5. The minimum Gasteiger partial charge on any atom is -0.492 e. The van der Waals surface area contributed by atoms with E-state index in [1.165, 1.54) is 32.8 Å².